The SMILES string of the molecule is CC=C(C)CC(C)=CC=C(N)c1nc2cccc(O)c2nc1-c1ccccc1. The van der Waals surface area contributed by atoms with Gasteiger partial charge in [-0.2, -0.15) is 0 Å². The third kappa shape index (κ3) is 4.29. The zero-order chi connectivity index (χ0) is 20.1. The lowest BCUT2D eigenvalue weighted by Gasteiger charge is -2.11. The van der Waals surface area contributed by atoms with E-state index < -0.39 is 0 Å². The van der Waals surface area contributed by atoms with Crippen LogP contribution in [0.15, 0.2) is 77.9 Å². The van der Waals surface area contributed by atoms with Crippen molar-refractivity contribution >= 4 is 16.7 Å². The quantitative estimate of drug-likeness (QED) is 0.452. The number of aromatic hydroxyl groups is 1. The molecule has 3 N–H and O–H groups in total. The number of hydrogen-bond acceptors (Lipinski definition) is 4. The summed E-state index contributed by atoms with van der Waals surface area (Å²) in [6, 6.07) is 14.9. The molecule has 0 fully saturated rings. The predicted octanol–water partition coefficient (Wildman–Crippen LogP) is 5.60. The van der Waals surface area contributed by atoms with E-state index in [0.717, 1.165) is 12.0 Å². The summed E-state index contributed by atoms with van der Waals surface area (Å²) in [7, 11) is 0. The highest BCUT2D eigenvalue weighted by molar-refractivity contribution is 5.87. The lowest BCUT2D eigenvalue weighted by molar-refractivity contribution is 0.480. The van der Waals surface area contributed by atoms with Crippen molar-refractivity contribution in [2.24, 2.45) is 5.73 Å². The van der Waals surface area contributed by atoms with Gasteiger partial charge < -0.3 is 10.8 Å². The van der Waals surface area contributed by atoms with Crippen LogP contribution in [0.4, 0.5) is 0 Å². The first kappa shape index (κ1) is 19.4. The number of nitrogens with zero attached hydrogens (tertiary/aromatic N) is 2. The van der Waals surface area contributed by atoms with E-state index in [1.165, 1.54) is 11.1 Å². The second kappa shape index (κ2) is 8.53. The molecule has 0 atom stereocenters. The molecule has 0 amide bonds. The van der Waals surface area contributed by atoms with E-state index in [4.69, 9.17) is 15.7 Å². The fraction of sp³-hybridized carbons (Fsp3) is 0.167. The molecule has 3 aromatic rings. The van der Waals surface area contributed by atoms with Crippen molar-refractivity contribution in [1.29, 1.82) is 0 Å². The predicted molar refractivity (Wildman–Crippen MR) is 117 cm³/mol. The Balaban J connectivity index is 2.13. The van der Waals surface area contributed by atoms with Crippen molar-refractivity contribution < 1.29 is 5.11 Å². The van der Waals surface area contributed by atoms with Crippen molar-refractivity contribution in [2.45, 2.75) is 27.2 Å². The summed E-state index contributed by atoms with van der Waals surface area (Å²) in [5, 5.41) is 10.2. The topological polar surface area (TPSA) is 72.0 Å². The van der Waals surface area contributed by atoms with Crippen LogP contribution in [0.5, 0.6) is 5.75 Å². The van der Waals surface area contributed by atoms with Gasteiger partial charge in [-0.3, -0.25) is 0 Å². The van der Waals surface area contributed by atoms with E-state index in [9.17, 15) is 5.11 Å². The molecule has 0 aliphatic rings. The average molecular weight is 371 g/mol. The highest BCUT2D eigenvalue weighted by atomic mass is 16.3. The molecule has 4 heteroatoms. The molecule has 3 rings (SSSR count). The van der Waals surface area contributed by atoms with Crippen molar-refractivity contribution in [3.8, 4) is 17.0 Å². The Hall–Kier alpha value is -3.40. The lowest BCUT2D eigenvalue weighted by Crippen LogP contribution is -2.04. The van der Waals surface area contributed by atoms with Gasteiger partial charge in [-0.1, -0.05) is 59.7 Å². The maximum absolute atomic E-state index is 10.2. The van der Waals surface area contributed by atoms with Crippen molar-refractivity contribution in [1.82, 2.24) is 9.97 Å². The van der Waals surface area contributed by atoms with E-state index in [1.807, 2.05) is 55.5 Å². The number of nitrogens with two attached hydrogens (primary N) is 1. The summed E-state index contributed by atoms with van der Waals surface area (Å²) < 4.78 is 0. The van der Waals surface area contributed by atoms with Crippen LogP contribution >= 0.6 is 0 Å². The molecule has 0 unspecified atom stereocenters. The highest BCUT2D eigenvalue weighted by Gasteiger charge is 2.14. The van der Waals surface area contributed by atoms with Gasteiger partial charge in [0.05, 0.1) is 16.9 Å². The van der Waals surface area contributed by atoms with Crippen LogP contribution in [0.1, 0.15) is 32.9 Å². The third-order valence-corrected chi connectivity index (χ3v) is 4.59. The molecule has 2 aromatic carbocycles. The Kier molecular flexibility index (Phi) is 5.90. The number of rotatable bonds is 5. The number of phenols is 1. The van der Waals surface area contributed by atoms with Crippen LogP contribution < -0.4 is 5.73 Å². The number of hydrogen-bond donors (Lipinski definition) is 2. The average Bonchev–Trinajstić information content (AvgIpc) is 2.72. The first-order chi connectivity index (χ1) is 13.5. The Labute approximate surface area is 165 Å². The minimum absolute atomic E-state index is 0.105. The summed E-state index contributed by atoms with van der Waals surface area (Å²) in [5.74, 6) is 0.105. The summed E-state index contributed by atoms with van der Waals surface area (Å²) >= 11 is 0. The molecular formula is C24H25N3O. The maximum Gasteiger partial charge on any atom is 0.143 e. The van der Waals surface area contributed by atoms with Crippen LogP contribution in [0.25, 0.3) is 28.0 Å². The monoisotopic (exact) mass is 371 g/mol. The zero-order valence-corrected chi connectivity index (χ0v) is 16.5. The van der Waals surface area contributed by atoms with E-state index >= 15 is 0 Å². The number of fused-ring (bicyclic) bond motifs is 1. The minimum Gasteiger partial charge on any atom is -0.506 e. The van der Waals surface area contributed by atoms with Gasteiger partial charge in [0.2, 0.25) is 0 Å². The fourth-order valence-electron chi connectivity index (χ4n) is 2.97. The van der Waals surface area contributed by atoms with Gasteiger partial charge in [0.15, 0.2) is 0 Å². The molecule has 0 saturated heterocycles. The van der Waals surface area contributed by atoms with Crippen LogP contribution in [-0.4, -0.2) is 15.1 Å². The Morgan fingerprint density at radius 1 is 0.964 bits per heavy atom. The van der Waals surface area contributed by atoms with Crippen LogP contribution in [0.2, 0.25) is 0 Å². The molecule has 0 saturated carbocycles. The molecule has 28 heavy (non-hydrogen) atoms. The van der Waals surface area contributed by atoms with Gasteiger partial charge in [0.1, 0.15) is 17.0 Å². The number of phenolic OH excluding ortho intramolecular Hbond substituents is 1. The van der Waals surface area contributed by atoms with E-state index in [0.29, 0.717) is 28.1 Å². The van der Waals surface area contributed by atoms with Crippen LogP contribution in [0.3, 0.4) is 0 Å². The van der Waals surface area contributed by atoms with Crippen molar-refractivity contribution in [2.75, 3.05) is 0 Å². The number of aromatic nitrogens is 2. The Bertz CT molecular complexity index is 1080. The summed E-state index contributed by atoms with van der Waals surface area (Å²) in [6.45, 7) is 6.23. The van der Waals surface area contributed by atoms with Crippen LogP contribution in [-0.2, 0) is 0 Å². The van der Waals surface area contributed by atoms with Crippen LogP contribution in [0, 0.1) is 0 Å². The molecule has 4 nitrogen and oxygen atoms in total. The number of benzene rings is 2. The Morgan fingerprint density at radius 3 is 2.43 bits per heavy atom. The third-order valence-electron chi connectivity index (χ3n) is 4.59. The second-order valence-corrected chi connectivity index (χ2v) is 6.88. The van der Waals surface area contributed by atoms with E-state index in [2.05, 4.69) is 19.9 Å². The minimum atomic E-state index is 0.105. The van der Waals surface area contributed by atoms with Gasteiger partial charge in [-0.05, 0) is 45.4 Å². The lowest BCUT2D eigenvalue weighted by atomic mass is 10.1. The van der Waals surface area contributed by atoms with Gasteiger partial charge in [-0.25, -0.2) is 9.97 Å². The molecule has 0 aliphatic carbocycles. The van der Waals surface area contributed by atoms with E-state index in [-0.39, 0.29) is 5.75 Å². The molecular weight excluding hydrogens is 346 g/mol. The molecule has 0 spiro atoms. The first-order valence-corrected chi connectivity index (χ1v) is 9.30. The molecule has 142 valence electrons. The van der Waals surface area contributed by atoms with Gasteiger partial charge in [0, 0.05) is 5.56 Å². The summed E-state index contributed by atoms with van der Waals surface area (Å²) in [4.78, 5) is 9.40. The molecule has 1 aromatic heterocycles. The standard InChI is InChI=1S/C24H25N3O/c1-4-16(2)15-17(3)13-14-19(25)23-22(18-9-6-5-7-10-18)27-24-20(26-23)11-8-12-21(24)28/h4-14,28H,15,25H2,1-3H3. The molecule has 0 radical (unpaired) electrons. The maximum atomic E-state index is 10.2. The normalized spacial score (nSPS) is 13.2. The highest BCUT2D eigenvalue weighted by Crippen LogP contribution is 2.29. The zero-order valence-electron chi connectivity index (χ0n) is 16.5. The number of para-hydroxylation sites is 1. The van der Waals surface area contributed by atoms with Crippen molar-refractivity contribution in [3.05, 3.63) is 83.6 Å². The largest absolute Gasteiger partial charge is 0.506 e. The number of allylic oxidation sites excluding steroid dienone is 5. The second-order valence-electron chi connectivity index (χ2n) is 6.88. The Morgan fingerprint density at radius 2 is 1.71 bits per heavy atom. The van der Waals surface area contributed by atoms with Crippen molar-refractivity contribution in [3.63, 3.8) is 0 Å². The fourth-order valence-corrected chi connectivity index (χ4v) is 2.97. The molecule has 0 aliphatic heterocycles. The summed E-state index contributed by atoms with van der Waals surface area (Å²) in [6.07, 6.45) is 6.91. The molecule has 1 heterocycles. The van der Waals surface area contributed by atoms with Gasteiger partial charge in [0.25, 0.3) is 0 Å². The smallest absolute Gasteiger partial charge is 0.143 e. The van der Waals surface area contributed by atoms with E-state index in [1.54, 1.807) is 12.1 Å². The first-order valence-electron chi connectivity index (χ1n) is 9.30. The van der Waals surface area contributed by atoms with Gasteiger partial charge in [-0.15, -0.1) is 0 Å². The summed E-state index contributed by atoms with van der Waals surface area (Å²) in [5.41, 5.74) is 12.7. The molecule has 0 bridgehead atoms. The van der Waals surface area contributed by atoms with Gasteiger partial charge >= 0.3 is 0 Å².